The van der Waals surface area contributed by atoms with E-state index in [0.717, 1.165) is 42.2 Å². The summed E-state index contributed by atoms with van der Waals surface area (Å²) in [5.41, 5.74) is 2.88. The van der Waals surface area contributed by atoms with Crippen LogP contribution in [0.4, 0.5) is 10.6 Å². The number of hydrogen-bond donors (Lipinski definition) is 2. The lowest BCUT2D eigenvalue weighted by molar-refractivity contribution is 0.151. The molecule has 1 aliphatic heterocycles. The number of aromatic nitrogens is 4. The number of nitrogens with zero attached hydrogens (tertiary/aromatic N) is 5. The number of rotatable bonds is 4. The molecule has 3 atom stereocenters. The molecule has 138 valence electrons. The Balaban J connectivity index is 1.32. The van der Waals surface area contributed by atoms with Crippen LogP contribution in [-0.2, 0) is 7.05 Å². The van der Waals surface area contributed by atoms with E-state index in [4.69, 9.17) is 5.11 Å². The standard InChI is InChI=1S/C18H24N6O2/c1-11-7-20-23(2)17(11)15-3-4-16(22-21-15)19-8-12-5-13-9-24(18(25)26)10-14(13)6-12/h3-4,7,12-14H,5-6,8-10H2,1-2H3,(H,19,22)(H,25,26)/t12?,13-,14+. The molecule has 8 nitrogen and oxygen atoms in total. The third-order valence-corrected chi connectivity index (χ3v) is 5.72. The lowest BCUT2D eigenvalue weighted by Crippen LogP contribution is -2.28. The van der Waals surface area contributed by atoms with Gasteiger partial charge >= 0.3 is 6.09 Å². The Hall–Kier alpha value is -2.64. The van der Waals surface area contributed by atoms with Crippen molar-refractivity contribution in [3.8, 4) is 11.4 Å². The number of carboxylic acid groups (broad SMARTS) is 1. The third-order valence-electron chi connectivity index (χ3n) is 5.72. The average Bonchev–Trinajstić information content (AvgIpc) is 3.27. The lowest BCUT2D eigenvalue weighted by atomic mass is 10.0. The van der Waals surface area contributed by atoms with Gasteiger partial charge in [0, 0.05) is 26.7 Å². The van der Waals surface area contributed by atoms with E-state index in [1.54, 1.807) is 4.90 Å². The minimum atomic E-state index is -0.784. The van der Waals surface area contributed by atoms with Gasteiger partial charge in [-0.15, -0.1) is 10.2 Å². The first-order valence-electron chi connectivity index (χ1n) is 9.05. The molecule has 0 bridgehead atoms. The predicted octanol–water partition coefficient (Wildman–Crippen LogP) is 2.23. The number of nitrogens with one attached hydrogen (secondary N) is 1. The van der Waals surface area contributed by atoms with Crippen molar-refractivity contribution in [3.05, 3.63) is 23.9 Å². The highest BCUT2D eigenvalue weighted by atomic mass is 16.4. The minimum absolute atomic E-state index is 0.513. The van der Waals surface area contributed by atoms with E-state index in [0.29, 0.717) is 30.8 Å². The Morgan fingerprint density at radius 3 is 2.54 bits per heavy atom. The fourth-order valence-electron chi connectivity index (χ4n) is 4.47. The van der Waals surface area contributed by atoms with Gasteiger partial charge in [-0.3, -0.25) is 4.68 Å². The molecule has 2 aliphatic rings. The van der Waals surface area contributed by atoms with Crippen LogP contribution in [0.2, 0.25) is 0 Å². The Morgan fingerprint density at radius 2 is 2.00 bits per heavy atom. The van der Waals surface area contributed by atoms with Crippen LogP contribution in [0.25, 0.3) is 11.4 Å². The van der Waals surface area contributed by atoms with Gasteiger partial charge in [0.15, 0.2) is 0 Å². The fourth-order valence-corrected chi connectivity index (χ4v) is 4.47. The number of likely N-dealkylation sites (tertiary alicyclic amines) is 1. The second-order valence-electron chi connectivity index (χ2n) is 7.53. The number of hydrogen-bond acceptors (Lipinski definition) is 5. The first-order chi connectivity index (χ1) is 12.5. The number of anilines is 1. The molecule has 2 aromatic rings. The first kappa shape index (κ1) is 16.8. The zero-order valence-corrected chi connectivity index (χ0v) is 15.1. The Labute approximate surface area is 152 Å². The van der Waals surface area contributed by atoms with Crippen LogP contribution in [0.15, 0.2) is 18.3 Å². The van der Waals surface area contributed by atoms with Crippen molar-refractivity contribution in [1.82, 2.24) is 24.9 Å². The van der Waals surface area contributed by atoms with E-state index in [1.165, 1.54) is 0 Å². The molecule has 0 radical (unpaired) electrons. The molecule has 0 spiro atoms. The van der Waals surface area contributed by atoms with Crippen molar-refractivity contribution in [3.63, 3.8) is 0 Å². The zero-order valence-electron chi connectivity index (χ0n) is 15.1. The van der Waals surface area contributed by atoms with Gasteiger partial charge in [0.05, 0.1) is 11.9 Å². The zero-order chi connectivity index (χ0) is 18.3. The summed E-state index contributed by atoms with van der Waals surface area (Å²) in [6.07, 6.45) is 3.21. The smallest absolute Gasteiger partial charge is 0.407 e. The highest BCUT2D eigenvalue weighted by molar-refractivity contribution is 5.65. The molecule has 8 heteroatoms. The lowest BCUT2D eigenvalue weighted by Gasteiger charge is -2.16. The number of fused-ring (bicyclic) bond motifs is 1. The van der Waals surface area contributed by atoms with E-state index in [9.17, 15) is 4.79 Å². The van der Waals surface area contributed by atoms with Crippen LogP contribution in [0.3, 0.4) is 0 Å². The van der Waals surface area contributed by atoms with Crippen molar-refractivity contribution in [1.29, 1.82) is 0 Å². The van der Waals surface area contributed by atoms with Crippen LogP contribution >= 0.6 is 0 Å². The second-order valence-corrected chi connectivity index (χ2v) is 7.53. The van der Waals surface area contributed by atoms with E-state index in [2.05, 4.69) is 20.6 Å². The Bertz CT molecular complexity index is 769. The third kappa shape index (κ3) is 3.11. The Morgan fingerprint density at radius 1 is 1.27 bits per heavy atom. The van der Waals surface area contributed by atoms with E-state index in [-0.39, 0.29) is 0 Å². The van der Waals surface area contributed by atoms with Gasteiger partial charge in [-0.25, -0.2) is 4.79 Å². The van der Waals surface area contributed by atoms with Crippen molar-refractivity contribution in [2.45, 2.75) is 19.8 Å². The van der Waals surface area contributed by atoms with Gasteiger partial charge in [0.2, 0.25) is 0 Å². The summed E-state index contributed by atoms with van der Waals surface area (Å²) in [6.45, 7) is 4.25. The van der Waals surface area contributed by atoms with Crippen molar-refractivity contribution < 1.29 is 9.90 Å². The van der Waals surface area contributed by atoms with Gasteiger partial charge in [0.1, 0.15) is 11.5 Å². The van der Waals surface area contributed by atoms with Crippen molar-refractivity contribution >= 4 is 11.9 Å². The fraction of sp³-hybridized carbons (Fsp3) is 0.556. The molecular formula is C18H24N6O2. The molecule has 2 aromatic heterocycles. The molecule has 0 aromatic carbocycles. The summed E-state index contributed by atoms with van der Waals surface area (Å²) in [6, 6.07) is 3.92. The summed E-state index contributed by atoms with van der Waals surface area (Å²) >= 11 is 0. The molecule has 3 heterocycles. The summed E-state index contributed by atoms with van der Waals surface area (Å²) < 4.78 is 1.81. The minimum Gasteiger partial charge on any atom is -0.465 e. The molecule has 1 aliphatic carbocycles. The van der Waals surface area contributed by atoms with Crippen LogP contribution in [-0.4, -0.2) is 55.7 Å². The largest absolute Gasteiger partial charge is 0.465 e. The molecule has 1 amide bonds. The summed E-state index contributed by atoms with van der Waals surface area (Å²) in [5, 5.41) is 25.4. The van der Waals surface area contributed by atoms with Crippen molar-refractivity contribution in [2.75, 3.05) is 25.0 Å². The summed E-state index contributed by atoms with van der Waals surface area (Å²) in [5.74, 6) is 2.37. The Kier molecular flexibility index (Phi) is 4.26. The van der Waals surface area contributed by atoms with Crippen LogP contribution in [0, 0.1) is 24.7 Å². The van der Waals surface area contributed by atoms with E-state index < -0.39 is 6.09 Å². The molecule has 1 saturated heterocycles. The molecule has 2 fully saturated rings. The van der Waals surface area contributed by atoms with Gasteiger partial charge in [-0.05, 0) is 55.2 Å². The van der Waals surface area contributed by atoms with Crippen LogP contribution in [0.1, 0.15) is 18.4 Å². The van der Waals surface area contributed by atoms with Gasteiger partial charge in [-0.1, -0.05) is 0 Å². The summed E-state index contributed by atoms with van der Waals surface area (Å²) in [7, 11) is 1.90. The summed E-state index contributed by atoms with van der Waals surface area (Å²) in [4.78, 5) is 12.6. The normalized spacial score (nSPS) is 24.7. The highest BCUT2D eigenvalue weighted by Gasteiger charge is 2.42. The SMILES string of the molecule is Cc1cnn(C)c1-c1ccc(NCC2C[C@@H]3CN(C(=O)O)C[C@@H]3C2)nn1. The quantitative estimate of drug-likeness (QED) is 0.872. The maximum Gasteiger partial charge on any atom is 0.407 e. The molecule has 26 heavy (non-hydrogen) atoms. The molecular weight excluding hydrogens is 332 g/mol. The van der Waals surface area contributed by atoms with Gasteiger partial charge in [-0.2, -0.15) is 5.10 Å². The first-order valence-corrected chi connectivity index (χ1v) is 9.05. The predicted molar refractivity (Wildman–Crippen MR) is 96.8 cm³/mol. The van der Waals surface area contributed by atoms with Crippen LogP contribution < -0.4 is 5.32 Å². The van der Waals surface area contributed by atoms with Crippen molar-refractivity contribution in [2.24, 2.45) is 24.8 Å². The molecule has 1 saturated carbocycles. The van der Waals surface area contributed by atoms with Crippen LogP contribution in [0.5, 0.6) is 0 Å². The molecule has 2 N–H and O–H groups in total. The number of amides is 1. The monoisotopic (exact) mass is 356 g/mol. The van der Waals surface area contributed by atoms with Gasteiger partial charge < -0.3 is 15.3 Å². The number of aryl methyl sites for hydroxylation is 2. The number of carbonyl (C=O) groups is 1. The second kappa shape index (κ2) is 6.59. The highest BCUT2D eigenvalue weighted by Crippen LogP contribution is 2.41. The average molecular weight is 356 g/mol. The molecule has 1 unspecified atom stereocenters. The maximum absolute atomic E-state index is 11.1. The maximum atomic E-state index is 11.1. The topological polar surface area (TPSA) is 96.2 Å². The van der Waals surface area contributed by atoms with E-state index in [1.807, 2.05) is 37.0 Å². The van der Waals surface area contributed by atoms with E-state index >= 15 is 0 Å². The van der Waals surface area contributed by atoms with Gasteiger partial charge in [0.25, 0.3) is 0 Å². The molecule has 4 rings (SSSR count).